The molecule has 1 aromatic rings. The van der Waals surface area contributed by atoms with Crippen LogP contribution < -0.4 is 15.4 Å². The maximum Gasteiger partial charge on any atom is 0.258 e. The number of guanidine groups is 1. The van der Waals surface area contributed by atoms with Gasteiger partial charge in [-0.1, -0.05) is 26.0 Å². The van der Waals surface area contributed by atoms with Crippen LogP contribution in [0.5, 0.6) is 5.75 Å². The minimum atomic E-state index is -0.0491. The summed E-state index contributed by atoms with van der Waals surface area (Å²) >= 11 is 0. The molecule has 1 aliphatic heterocycles. The Morgan fingerprint density at radius 2 is 2.14 bits per heavy atom. The Morgan fingerprint density at radius 3 is 2.79 bits per heavy atom. The lowest BCUT2D eigenvalue weighted by molar-refractivity contribution is -0.123. The van der Waals surface area contributed by atoms with Gasteiger partial charge in [0.25, 0.3) is 5.91 Å². The van der Waals surface area contributed by atoms with Gasteiger partial charge in [-0.3, -0.25) is 4.79 Å². The van der Waals surface area contributed by atoms with Crippen molar-refractivity contribution in [3.05, 3.63) is 29.8 Å². The molecule has 3 rings (SSSR count). The molecule has 0 bridgehead atoms. The molecule has 0 atom stereocenters. The topological polar surface area (TPSA) is 66.0 Å². The number of nitrogens with one attached hydrogen (secondary N) is 2. The molecule has 0 aromatic heterocycles. The second kappa shape index (κ2) is 10.3. The Bertz CT molecular complexity index is 689. The number of aliphatic imine (C=N–C) groups is 1. The summed E-state index contributed by atoms with van der Waals surface area (Å²) in [5.41, 5.74) is 1.41. The lowest BCUT2D eigenvalue weighted by Crippen LogP contribution is -2.40. The second-order valence-corrected chi connectivity index (χ2v) is 8.28. The Kier molecular flexibility index (Phi) is 8.39. The molecular weight excluding hydrogens is 467 g/mol. The number of carbonyl (C=O) groups excluding carboxylic acids is 1. The van der Waals surface area contributed by atoms with Gasteiger partial charge >= 0.3 is 0 Å². The standard InChI is InChI=1S/C21H32N4O2.HI/c1-4-22-20(25-11-10-21(2,3)15-25)23-13-16-6-5-7-18(12-16)27-14-19(26)24-17-8-9-17;/h5-7,12,17H,4,8-11,13-15H2,1-3H3,(H,22,23)(H,24,26);1H. The van der Waals surface area contributed by atoms with E-state index < -0.39 is 0 Å². The first-order chi connectivity index (χ1) is 12.9. The number of halogens is 1. The Hall–Kier alpha value is -1.51. The third-order valence-corrected chi connectivity index (χ3v) is 4.93. The number of likely N-dealkylation sites (tertiary alicyclic amines) is 1. The van der Waals surface area contributed by atoms with Gasteiger partial charge in [-0.25, -0.2) is 4.99 Å². The Balaban J connectivity index is 0.00000280. The van der Waals surface area contributed by atoms with E-state index in [1.54, 1.807) is 0 Å². The van der Waals surface area contributed by atoms with E-state index in [1.807, 2.05) is 24.3 Å². The van der Waals surface area contributed by atoms with Crippen molar-refractivity contribution in [3.63, 3.8) is 0 Å². The molecule has 1 aliphatic carbocycles. The second-order valence-electron chi connectivity index (χ2n) is 8.28. The van der Waals surface area contributed by atoms with Crippen molar-refractivity contribution in [2.75, 3.05) is 26.2 Å². The van der Waals surface area contributed by atoms with Gasteiger partial charge in [0.1, 0.15) is 5.75 Å². The number of benzene rings is 1. The van der Waals surface area contributed by atoms with Gasteiger partial charge in [-0.05, 0) is 49.3 Å². The molecule has 28 heavy (non-hydrogen) atoms. The number of nitrogens with zero attached hydrogens (tertiary/aromatic N) is 2. The third-order valence-electron chi connectivity index (χ3n) is 4.93. The number of amides is 1. The highest BCUT2D eigenvalue weighted by atomic mass is 127. The van der Waals surface area contributed by atoms with Crippen LogP contribution >= 0.6 is 24.0 Å². The maximum atomic E-state index is 11.8. The number of hydrogen-bond donors (Lipinski definition) is 2. The first-order valence-corrected chi connectivity index (χ1v) is 9.99. The molecule has 1 aromatic carbocycles. The van der Waals surface area contributed by atoms with Gasteiger partial charge < -0.3 is 20.3 Å². The van der Waals surface area contributed by atoms with E-state index in [0.717, 1.165) is 44.0 Å². The van der Waals surface area contributed by atoms with Crippen molar-refractivity contribution in [3.8, 4) is 5.75 Å². The van der Waals surface area contributed by atoms with E-state index in [0.29, 0.717) is 23.8 Å². The van der Waals surface area contributed by atoms with Crippen molar-refractivity contribution in [2.24, 2.45) is 10.4 Å². The molecule has 0 unspecified atom stereocenters. The average Bonchev–Trinajstić information content (AvgIpc) is 3.37. The lowest BCUT2D eigenvalue weighted by Gasteiger charge is -2.23. The summed E-state index contributed by atoms with van der Waals surface area (Å²) in [5, 5.41) is 6.33. The van der Waals surface area contributed by atoms with Crippen LogP contribution in [0.15, 0.2) is 29.3 Å². The minimum Gasteiger partial charge on any atom is -0.484 e. The van der Waals surface area contributed by atoms with Gasteiger partial charge in [-0.2, -0.15) is 0 Å². The molecule has 0 spiro atoms. The molecule has 2 fully saturated rings. The summed E-state index contributed by atoms with van der Waals surface area (Å²) in [6, 6.07) is 8.20. The van der Waals surface area contributed by atoms with Crippen molar-refractivity contribution < 1.29 is 9.53 Å². The van der Waals surface area contributed by atoms with Crippen molar-refractivity contribution in [1.29, 1.82) is 0 Å². The van der Waals surface area contributed by atoms with E-state index in [-0.39, 0.29) is 36.5 Å². The van der Waals surface area contributed by atoms with Crippen molar-refractivity contribution in [1.82, 2.24) is 15.5 Å². The van der Waals surface area contributed by atoms with Gasteiger partial charge in [-0.15, -0.1) is 24.0 Å². The fourth-order valence-corrected chi connectivity index (χ4v) is 3.26. The van der Waals surface area contributed by atoms with Crippen LogP contribution in [0.1, 0.15) is 45.6 Å². The maximum absolute atomic E-state index is 11.8. The molecule has 1 heterocycles. The number of rotatable bonds is 7. The normalized spacial score (nSPS) is 18.4. The van der Waals surface area contributed by atoms with Crippen LogP contribution in [0, 0.1) is 5.41 Å². The van der Waals surface area contributed by atoms with E-state index in [9.17, 15) is 4.79 Å². The predicted molar refractivity (Wildman–Crippen MR) is 123 cm³/mol. The van der Waals surface area contributed by atoms with Gasteiger partial charge in [0, 0.05) is 25.7 Å². The van der Waals surface area contributed by atoms with Crippen LogP contribution in [0.2, 0.25) is 0 Å². The molecule has 1 saturated heterocycles. The number of ether oxygens (including phenoxy) is 1. The highest BCUT2D eigenvalue weighted by Crippen LogP contribution is 2.28. The van der Waals surface area contributed by atoms with Crippen LogP contribution in [0.25, 0.3) is 0 Å². The van der Waals surface area contributed by atoms with Crippen LogP contribution in [0.4, 0.5) is 0 Å². The first kappa shape index (κ1) is 22.8. The Morgan fingerprint density at radius 1 is 1.36 bits per heavy atom. The van der Waals surface area contributed by atoms with Crippen LogP contribution in [-0.4, -0.2) is 49.0 Å². The number of carbonyl (C=O) groups is 1. The van der Waals surface area contributed by atoms with E-state index in [1.165, 1.54) is 6.42 Å². The SMILES string of the molecule is CCNC(=NCc1cccc(OCC(=O)NC2CC2)c1)N1CCC(C)(C)C1.I. The van der Waals surface area contributed by atoms with Gasteiger partial charge in [0.05, 0.1) is 6.54 Å². The quantitative estimate of drug-likeness (QED) is 0.343. The average molecular weight is 500 g/mol. The zero-order valence-corrected chi connectivity index (χ0v) is 19.5. The zero-order valence-electron chi connectivity index (χ0n) is 17.2. The molecule has 7 heteroatoms. The first-order valence-electron chi connectivity index (χ1n) is 9.99. The monoisotopic (exact) mass is 500 g/mol. The van der Waals surface area contributed by atoms with E-state index >= 15 is 0 Å². The summed E-state index contributed by atoms with van der Waals surface area (Å²) in [7, 11) is 0. The van der Waals surface area contributed by atoms with Gasteiger partial charge in [0.15, 0.2) is 12.6 Å². The zero-order chi connectivity index (χ0) is 19.3. The van der Waals surface area contributed by atoms with Crippen LogP contribution in [-0.2, 0) is 11.3 Å². The molecule has 1 saturated carbocycles. The summed E-state index contributed by atoms with van der Waals surface area (Å²) in [5.74, 6) is 1.63. The fourth-order valence-electron chi connectivity index (χ4n) is 3.26. The summed E-state index contributed by atoms with van der Waals surface area (Å²) in [6.45, 7) is 10.3. The van der Waals surface area contributed by atoms with Crippen molar-refractivity contribution in [2.45, 2.75) is 52.6 Å². The number of hydrogen-bond acceptors (Lipinski definition) is 3. The van der Waals surface area contributed by atoms with Crippen molar-refractivity contribution >= 4 is 35.8 Å². The van der Waals surface area contributed by atoms with Gasteiger partial charge in [0.2, 0.25) is 0 Å². The minimum absolute atomic E-state index is 0. The highest BCUT2D eigenvalue weighted by molar-refractivity contribution is 14.0. The Labute approximate surface area is 185 Å². The lowest BCUT2D eigenvalue weighted by atomic mass is 9.93. The molecule has 156 valence electrons. The third kappa shape index (κ3) is 7.14. The van der Waals surface area contributed by atoms with E-state index in [2.05, 4.69) is 36.3 Å². The molecule has 2 N–H and O–H groups in total. The summed E-state index contributed by atoms with van der Waals surface area (Å²) < 4.78 is 5.63. The summed E-state index contributed by atoms with van der Waals surface area (Å²) in [4.78, 5) is 18.9. The largest absolute Gasteiger partial charge is 0.484 e. The molecule has 0 radical (unpaired) electrons. The molecular formula is C21H33IN4O2. The smallest absolute Gasteiger partial charge is 0.258 e. The predicted octanol–water partition coefficient (Wildman–Crippen LogP) is 3.16. The molecule has 2 aliphatic rings. The van der Waals surface area contributed by atoms with E-state index in [4.69, 9.17) is 9.73 Å². The summed E-state index contributed by atoms with van der Waals surface area (Å²) in [6.07, 6.45) is 3.35. The van der Waals surface area contributed by atoms with Crippen LogP contribution in [0.3, 0.4) is 0 Å². The highest BCUT2D eigenvalue weighted by Gasteiger charge is 2.30. The molecule has 1 amide bonds. The fraction of sp³-hybridized carbons (Fsp3) is 0.619. The molecule has 6 nitrogen and oxygen atoms in total.